The molecule has 3 heteroatoms. The minimum Gasteiger partial charge on any atom is -0.399 e. The molecule has 2 nitrogen and oxygen atoms in total. The second-order valence-electron chi connectivity index (χ2n) is 4.62. The highest BCUT2D eigenvalue weighted by Crippen LogP contribution is 2.35. The average Bonchev–Trinajstić information content (AvgIpc) is 2.38. The second kappa shape index (κ2) is 3.70. The number of nitrogens with zero attached hydrogens (tertiary/aromatic N) is 1. The number of hydrogen-bond donors (Lipinski definition) is 1. The number of aryl methyl sites for hydroxylation is 2. The third kappa shape index (κ3) is 1.49. The Bertz CT molecular complexity index is 553. The number of nitrogens with two attached hydrogens (primary N) is 1. The average molecular weight is 237 g/mol. The van der Waals surface area contributed by atoms with Crippen molar-refractivity contribution in [2.75, 3.05) is 5.73 Å². The van der Waals surface area contributed by atoms with Crippen molar-refractivity contribution in [1.29, 1.82) is 0 Å². The number of aromatic nitrogens is 1. The van der Waals surface area contributed by atoms with Crippen LogP contribution in [0.1, 0.15) is 31.0 Å². The van der Waals surface area contributed by atoms with Crippen molar-refractivity contribution in [2.45, 2.75) is 26.7 Å². The molecule has 0 aliphatic carbocycles. The van der Waals surface area contributed by atoms with E-state index < -0.39 is 0 Å². The number of anilines is 1. The molecule has 0 spiro atoms. The first kappa shape index (κ1) is 11.3. The van der Waals surface area contributed by atoms with Gasteiger partial charge in [0.1, 0.15) is 0 Å². The first-order valence-corrected chi connectivity index (χ1v) is 5.85. The fourth-order valence-electron chi connectivity index (χ4n) is 2.58. The van der Waals surface area contributed by atoms with Crippen LogP contribution in [0.25, 0.3) is 10.9 Å². The zero-order chi connectivity index (χ0) is 12.0. The first-order chi connectivity index (χ1) is 7.43. The highest BCUT2D eigenvalue weighted by molar-refractivity contribution is 6.35. The van der Waals surface area contributed by atoms with Gasteiger partial charge in [0, 0.05) is 23.8 Å². The van der Waals surface area contributed by atoms with Gasteiger partial charge in [0.15, 0.2) is 0 Å². The van der Waals surface area contributed by atoms with Gasteiger partial charge >= 0.3 is 0 Å². The number of nitrogen functional groups attached to an aromatic ring is 1. The Hall–Kier alpha value is -1.15. The molecule has 0 bridgehead atoms. The minimum absolute atomic E-state index is 0.481. The zero-order valence-electron chi connectivity index (χ0n) is 10.1. The Kier molecular flexibility index (Phi) is 2.62. The molecule has 2 rings (SSSR count). The Morgan fingerprint density at radius 2 is 1.94 bits per heavy atom. The summed E-state index contributed by atoms with van der Waals surface area (Å²) >= 11 is 6.26. The van der Waals surface area contributed by atoms with Crippen LogP contribution in [-0.2, 0) is 7.05 Å². The van der Waals surface area contributed by atoms with E-state index in [2.05, 4.69) is 32.4 Å². The van der Waals surface area contributed by atoms with Crippen molar-refractivity contribution in [2.24, 2.45) is 7.05 Å². The number of rotatable bonds is 1. The quantitative estimate of drug-likeness (QED) is 0.750. The van der Waals surface area contributed by atoms with Crippen molar-refractivity contribution in [3.05, 3.63) is 28.4 Å². The van der Waals surface area contributed by atoms with Gasteiger partial charge in [-0.1, -0.05) is 25.4 Å². The van der Waals surface area contributed by atoms with Crippen LogP contribution in [-0.4, -0.2) is 4.57 Å². The molecule has 1 heterocycles. The van der Waals surface area contributed by atoms with Gasteiger partial charge in [-0.05, 0) is 30.5 Å². The Labute approximate surface area is 101 Å². The highest BCUT2D eigenvalue weighted by atomic mass is 35.5. The van der Waals surface area contributed by atoms with Gasteiger partial charge in [-0.25, -0.2) is 0 Å². The molecular weight excluding hydrogens is 220 g/mol. The molecule has 0 amide bonds. The summed E-state index contributed by atoms with van der Waals surface area (Å²) in [5, 5.41) is 1.89. The summed E-state index contributed by atoms with van der Waals surface area (Å²) < 4.78 is 2.18. The fraction of sp³-hybridized carbons (Fsp3) is 0.385. The van der Waals surface area contributed by atoms with Crippen LogP contribution in [0.2, 0.25) is 5.02 Å². The summed E-state index contributed by atoms with van der Waals surface area (Å²) in [4.78, 5) is 0. The number of benzene rings is 1. The molecule has 0 aliphatic heterocycles. The fourth-order valence-corrected chi connectivity index (χ4v) is 2.93. The van der Waals surface area contributed by atoms with E-state index >= 15 is 0 Å². The topological polar surface area (TPSA) is 30.9 Å². The number of fused-ring (bicyclic) bond motifs is 1. The molecule has 1 aromatic heterocycles. The van der Waals surface area contributed by atoms with Gasteiger partial charge < -0.3 is 10.3 Å². The predicted molar refractivity (Wildman–Crippen MR) is 71.2 cm³/mol. The van der Waals surface area contributed by atoms with E-state index in [1.165, 1.54) is 11.3 Å². The van der Waals surface area contributed by atoms with Gasteiger partial charge in [0.2, 0.25) is 0 Å². The molecule has 0 saturated carbocycles. The minimum atomic E-state index is 0.481. The SMILES string of the molecule is Cc1c(C(C)C)n(C)c2c(Cl)cc(N)cc12. The molecule has 2 N–H and O–H groups in total. The molecular formula is C13H17ClN2. The maximum Gasteiger partial charge on any atom is 0.0673 e. The molecule has 0 aliphatic rings. The molecule has 0 fully saturated rings. The van der Waals surface area contributed by atoms with Crippen LogP contribution in [0.4, 0.5) is 5.69 Å². The number of hydrogen-bond acceptors (Lipinski definition) is 1. The maximum atomic E-state index is 6.26. The van der Waals surface area contributed by atoms with Gasteiger partial charge in [-0.2, -0.15) is 0 Å². The summed E-state index contributed by atoms with van der Waals surface area (Å²) in [6.45, 7) is 6.52. The summed E-state index contributed by atoms with van der Waals surface area (Å²) in [6, 6.07) is 3.82. The lowest BCUT2D eigenvalue weighted by molar-refractivity contribution is 0.748. The molecule has 0 atom stereocenters. The van der Waals surface area contributed by atoms with Crippen LogP contribution in [0.5, 0.6) is 0 Å². The monoisotopic (exact) mass is 236 g/mol. The van der Waals surface area contributed by atoms with Crippen molar-refractivity contribution in [3.8, 4) is 0 Å². The molecule has 1 aromatic carbocycles. The van der Waals surface area contributed by atoms with Crippen molar-refractivity contribution in [1.82, 2.24) is 4.57 Å². The van der Waals surface area contributed by atoms with E-state index in [9.17, 15) is 0 Å². The van der Waals surface area contributed by atoms with Crippen molar-refractivity contribution in [3.63, 3.8) is 0 Å². The summed E-state index contributed by atoms with van der Waals surface area (Å²) in [5.74, 6) is 0.481. The summed E-state index contributed by atoms with van der Waals surface area (Å²) in [7, 11) is 2.06. The Balaban J connectivity index is 2.93. The smallest absolute Gasteiger partial charge is 0.0673 e. The maximum absolute atomic E-state index is 6.26. The van der Waals surface area contributed by atoms with Crippen LogP contribution in [0.3, 0.4) is 0 Å². The Morgan fingerprint density at radius 1 is 1.31 bits per heavy atom. The first-order valence-electron chi connectivity index (χ1n) is 5.47. The van der Waals surface area contributed by atoms with Crippen molar-refractivity contribution >= 4 is 28.2 Å². The molecule has 86 valence electrons. The van der Waals surface area contributed by atoms with E-state index in [1.807, 2.05) is 12.1 Å². The van der Waals surface area contributed by atoms with E-state index in [0.29, 0.717) is 5.92 Å². The lowest BCUT2D eigenvalue weighted by Gasteiger charge is -2.09. The number of halogens is 1. The molecule has 0 unspecified atom stereocenters. The standard InChI is InChI=1S/C13H17ClN2/c1-7(2)12-8(3)10-5-9(15)6-11(14)13(10)16(12)4/h5-7H,15H2,1-4H3. The zero-order valence-corrected chi connectivity index (χ0v) is 10.9. The van der Waals surface area contributed by atoms with Crippen LogP contribution in [0.15, 0.2) is 12.1 Å². The second-order valence-corrected chi connectivity index (χ2v) is 5.03. The molecule has 0 radical (unpaired) electrons. The predicted octanol–water partition coefficient (Wildman–Crippen LogP) is 3.85. The summed E-state index contributed by atoms with van der Waals surface area (Å²) in [6.07, 6.45) is 0. The Morgan fingerprint density at radius 3 is 2.50 bits per heavy atom. The molecule has 2 aromatic rings. The van der Waals surface area contributed by atoms with E-state index in [4.69, 9.17) is 17.3 Å². The lowest BCUT2D eigenvalue weighted by Crippen LogP contribution is -1.99. The summed E-state index contributed by atoms with van der Waals surface area (Å²) in [5.41, 5.74) is 10.2. The van der Waals surface area contributed by atoms with Crippen LogP contribution >= 0.6 is 11.6 Å². The molecule has 16 heavy (non-hydrogen) atoms. The van der Waals surface area contributed by atoms with Gasteiger partial charge in [0.25, 0.3) is 0 Å². The van der Waals surface area contributed by atoms with Gasteiger partial charge in [-0.15, -0.1) is 0 Å². The third-order valence-corrected chi connectivity index (χ3v) is 3.41. The van der Waals surface area contributed by atoms with Crippen molar-refractivity contribution < 1.29 is 0 Å². The van der Waals surface area contributed by atoms with E-state index in [-0.39, 0.29) is 0 Å². The normalized spacial score (nSPS) is 11.6. The lowest BCUT2D eigenvalue weighted by atomic mass is 10.0. The largest absolute Gasteiger partial charge is 0.399 e. The van der Waals surface area contributed by atoms with E-state index in [0.717, 1.165) is 21.6 Å². The highest BCUT2D eigenvalue weighted by Gasteiger charge is 2.16. The van der Waals surface area contributed by atoms with Gasteiger partial charge in [0.05, 0.1) is 10.5 Å². The van der Waals surface area contributed by atoms with E-state index in [1.54, 1.807) is 0 Å². The van der Waals surface area contributed by atoms with Gasteiger partial charge in [-0.3, -0.25) is 0 Å². The van der Waals surface area contributed by atoms with Crippen LogP contribution in [0, 0.1) is 6.92 Å². The third-order valence-electron chi connectivity index (χ3n) is 3.12. The molecule has 0 saturated heterocycles. The van der Waals surface area contributed by atoms with Crippen LogP contribution < -0.4 is 5.73 Å².